The molecule has 0 unspecified atom stereocenters. The first-order valence-corrected chi connectivity index (χ1v) is 5.85. The van der Waals surface area contributed by atoms with Crippen molar-refractivity contribution >= 4 is 5.78 Å². The van der Waals surface area contributed by atoms with Crippen molar-refractivity contribution in [3.63, 3.8) is 0 Å². The van der Waals surface area contributed by atoms with Gasteiger partial charge in [0.1, 0.15) is 0 Å². The fraction of sp³-hybridized carbons (Fsp3) is 0.133. The third kappa shape index (κ3) is 3.03. The Morgan fingerprint density at radius 2 is 1.74 bits per heavy atom. The number of hydrogen-bond acceptors (Lipinski definition) is 2. The van der Waals surface area contributed by atoms with Gasteiger partial charge in [0.2, 0.25) is 0 Å². The van der Waals surface area contributed by atoms with Crippen LogP contribution in [0.15, 0.2) is 48.5 Å². The van der Waals surface area contributed by atoms with Crippen LogP contribution in [0.5, 0.6) is 0 Å². The lowest BCUT2D eigenvalue weighted by Gasteiger charge is -2.11. The smallest absolute Gasteiger partial charge is 0.162 e. The van der Waals surface area contributed by atoms with E-state index in [1.165, 1.54) is 12.1 Å². The molecule has 0 aliphatic carbocycles. The summed E-state index contributed by atoms with van der Waals surface area (Å²) in [5.74, 6) is -2.30. The molecular formula is C15H13F2NO. The molecule has 1 atom stereocenters. The van der Waals surface area contributed by atoms with E-state index in [4.69, 9.17) is 5.73 Å². The van der Waals surface area contributed by atoms with E-state index in [9.17, 15) is 13.6 Å². The highest BCUT2D eigenvalue weighted by Crippen LogP contribution is 2.17. The lowest BCUT2D eigenvalue weighted by atomic mass is 9.98. The van der Waals surface area contributed by atoms with Crippen LogP contribution < -0.4 is 5.73 Å². The Morgan fingerprint density at radius 1 is 1.05 bits per heavy atom. The summed E-state index contributed by atoms with van der Waals surface area (Å²) in [6.45, 7) is 0. The van der Waals surface area contributed by atoms with Crippen LogP contribution in [0.2, 0.25) is 0 Å². The number of rotatable bonds is 4. The van der Waals surface area contributed by atoms with E-state index in [2.05, 4.69) is 0 Å². The molecule has 0 spiro atoms. The quantitative estimate of drug-likeness (QED) is 0.919. The van der Waals surface area contributed by atoms with Gasteiger partial charge in [-0.1, -0.05) is 42.5 Å². The van der Waals surface area contributed by atoms with Gasteiger partial charge in [0.15, 0.2) is 17.4 Å². The van der Waals surface area contributed by atoms with E-state index in [1.54, 1.807) is 24.3 Å². The van der Waals surface area contributed by atoms with Crippen molar-refractivity contribution in [3.8, 4) is 0 Å². The molecule has 0 fully saturated rings. The molecule has 4 heteroatoms. The van der Waals surface area contributed by atoms with Crippen LogP contribution in [0.3, 0.4) is 0 Å². The highest BCUT2D eigenvalue weighted by atomic mass is 19.2. The maximum absolute atomic E-state index is 13.5. The van der Waals surface area contributed by atoms with E-state index in [-0.39, 0.29) is 17.8 Å². The molecule has 0 heterocycles. The molecular weight excluding hydrogens is 248 g/mol. The van der Waals surface area contributed by atoms with Crippen LogP contribution in [0, 0.1) is 11.6 Å². The van der Waals surface area contributed by atoms with E-state index in [1.807, 2.05) is 6.07 Å². The Bertz CT molecular complexity index is 584. The van der Waals surface area contributed by atoms with Crippen LogP contribution >= 0.6 is 0 Å². The first-order valence-electron chi connectivity index (χ1n) is 5.85. The van der Waals surface area contributed by atoms with Gasteiger partial charge >= 0.3 is 0 Å². The largest absolute Gasteiger partial charge is 0.318 e. The minimum Gasteiger partial charge on any atom is -0.318 e. The summed E-state index contributed by atoms with van der Waals surface area (Å²) in [5, 5.41) is 0. The molecule has 0 saturated heterocycles. The highest BCUT2D eigenvalue weighted by Gasteiger charge is 2.18. The van der Waals surface area contributed by atoms with Gasteiger partial charge in [0.25, 0.3) is 0 Å². The average Bonchev–Trinajstić information content (AvgIpc) is 2.44. The SMILES string of the molecule is N[C@@H](C(=O)Cc1cccc(F)c1F)c1ccccc1. The van der Waals surface area contributed by atoms with Gasteiger partial charge in [-0.2, -0.15) is 0 Å². The maximum atomic E-state index is 13.5. The second kappa shape index (κ2) is 5.71. The molecule has 98 valence electrons. The van der Waals surface area contributed by atoms with Crippen LogP contribution in [-0.4, -0.2) is 5.78 Å². The van der Waals surface area contributed by atoms with Crippen LogP contribution in [0.1, 0.15) is 17.2 Å². The topological polar surface area (TPSA) is 43.1 Å². The fourth-order valence-electron chi connectivity index (χ4n) is 1.83. The minimum atomic E-state index is -0.990. The molecule has 19 heavy (non-hydrogen) atoms. The van der Waals surface area contributed by atoms with E-state index in [0.717, 1.165) is 6.07 Å². The van der Waals surface area contributed by atoms with Gasteiger partial charge in [0, 0.05) is 6.42 Å². The number of halogens is 2. The standard InChI is InChI=1S/C15H13F2NO/c16-12-8-4-7-11(14(12)17)9-13(19)15(18)10-5-2-1-3-6-10/h1-8,15H,9,18H2/t15-/m1/s1. The summed E-state index contributed by atoms with van der Waals surface area (Å²) < 4.78 is 26.5. The van der Waals surface area contributed by atoms with Gasteiger partial charge in [-0.3, -0.25) is 4.79 Å². The molecule has 0 aromatic heterocycles. The Kier molecular flexibility index (Phi) is 4.02. The average molecular weight is 261 g/mol. The van der Waals surface area contributed by atoms with E-state index < -0.39 is 17.7 Å². The highest BCUT2D eigenvalue weighted by molar-refractivity contribution is 5.87. The zero-order valence-electron chi connectivity index (χ0n) is 10.1. The first kappa shape index (κ1) is 13.4. The van der Waals surface area contributed by atoms with Crippen LogP contribution in [0.4, 0.5) is 8.78 Å². The second-order valence-electron chi connectivity index (χ2n) is 4.24. The lowest BCUT2D eigenvalue weighted by molar-refractivity contribution is -0.119. The predicted molar refractivity (Wildman–Crippen MR) is 68.4 cm³/mol. The molecule has 2 N–H and O–H groups in total. The number of Topliss-reactive ketones (excluding diaryl/α,β-unsaturated/α-hetero) is 1. The summed E-state index contributed by atoms with van der Waals surface area (Å²) in [5.41, 5.74) is 6.49. The molecule has 2 aromatic carbocycles. The molecule has 0 amide bonds. The minimum absolute atomic E-state index is 0.0244. The first-order chi connectivity index (χ1) is 9.09. The van der Waals surface area contributed by atoms with Crippen molar-refractivity contribution < 1.29 is 13.6 Å². The Morgan fingerprint density at radius 3 is 2.42 bits per heavy atom. The van der Waals surface area contributed by atoms with Gasteiger partial charge in [0.05, 0.1) is 6.04 Å². The number of benzene rings is 2. The molecule has 0 radical (unpaired) electrons. The van der Waals surface area contributed by atoms with Gasteiger partial charge in [-0.05, 0) is 17.2 Å². The monoisotopic (exact) mass is 261 g/mol. The molecule has 0 saturated carbocycles. The Balaban J connectivity index is 2.15. The Labute approximate surface area is 109 Å². The molecule has 0 aliphatic heterocycles. The third-order valence-electron chi connectivity index (χ3n) is 2.90. The fourth-order valence-corrected chi connectivity index (χ4v) is 1.83. The number of carbonyl (C=O) groups is 1. The number of ketones is 1. The van der Waals surface area contributed by atoms with Crippen molar-refractivity contribution in [2.24, 2.45) is 5.73 Å². The molecule has 2 rings (SSSR count). The Hall–Kier alpha value is -2.07. The zero-order chi connectivity index (χ0) is 13.8. The second-order valence-corrected chi connectivity index (χ2v) is 4.24. The summed E-state index contributed by atoms with van der Waals surface area (Å²) in [4.78, 5) is 12.0. The number of nitrogens with two attached hydrogens (primary N) is 1. The van der Waals surface area contributed by atoms with Gasteiger partial charge in [-0.25, -0.2) is 8.78 Å². The van der Waals surface area contributed by atoms with Crippen molar-refractivity contribution in [2.45, 2.75) is 12.5 Å². The van der Waals surface area contributed by atoms with Gasteiger partial charge < -0.3 is 5.73 Å². The summed E-state index contributed by atoms with van der Waals surface area (Å²) in [6.07, 6.45) is -0.223. The van der Waals surface area contributed by atoms with Crippen molar-refractivity contribution in [1.29, 1.82) is 0 Å². The zero-order valence-corrected chi connectivity index (χ0v) is 10.1. The van der Waals surface area contributed by atoms with Crippen LogP contribution in [0.25, 0.3) is 0 Å². The maximum Gasteiger partial charge on any atom is 0.162 e. The van der Waals surface area contributed by atoms with E-state index >= 15 is 0 Å². The van der Waals surface area contributed by atoms with Crippen molar-refractivity contribution in [1.82, 2.24) is 0 Å². The normalized spacial score (nSPS) is 12.2. The summed E-state index contributed by atoms with van der Waals surface area (Å²) in [7, 11) is 0. The van der Waals surface area contributed by atoms with Crippen molar-refractivity contribution in [3.05, 3.63) is 71.3 Å². The molecule has 0 bridgehead atoms. The van der Waals surface area contributed by atoms with Crippen LogP contribution in [-0.2, 0) is 11.2 Å². The van der Waals surface area contributed by atoms with E-state index in [0.29, 0.717) is 5.56 Å². The molecule has 0 aliphatic rings. The van der Waals surface area contributed by atoms with Crippen molar-refractivity contribution in [2.75, 3.05) is 0 Å². The molecule has 2 nitrogen and oxygen atoms in total. The lowest BCUT2D eigenvalue weighted by Crippen LogP contribution is -2.23. The predicted octanol–water partition coefficient (Wildman–Crippen LogP) is 2.78. The number of carbonyl (C=O) groups excluding carboxylic acids is 1. The molecule has 2 aromatic rings. The summed E-state index contributed by atoms with van der Waals surface area (Å²) >= 11 is 0. The number of hydrogen-bond donors (Lipinski definition) is 1. The van der Waals surface area contributed by atoms with Gasteiger partial charge in [-0.15, -0.1) is 0 Å². The third-order valence-corrected chi connectivity index (χ3v) is 2.90. The summed E-state index contributed by atoms with van der Waals surface area (Å²) in [6, 6.07) is 11.7.